The van der Waals surface area contributed by atoms with Crippen LogP contribution in [0.4, 0.5) is 20.5 Å². The molecule has 2 N–H and O–H groups in total. The lowest BCUT2D eigenvalue weighted by atomic mass is 10.1. The summed E-state index contributed by atoms with van der Waals surface area (Å²) in [7, 11) is 0. The number of carbonyl (C=O) groups is 2. The van der Waals surface area contributed by atoms with Gasteiger partial charge in [0, 0.05) is 45.2 Å². The van der Waals surface area contributed by atoms with Crippen LogP contribution in [0.1, 0.15) is 25.1 Å². The first-order valence-electron chi connectivity index (χ1n) is 13.0. The second-order valence-electron chi connectivity index (χ2n) is 9.76. The zero-order valence-corrected chi connectivity index (χ0v) is 21.1. The van der Waals surface area contributed by atoms with Crippen LogP contribution in [-0.4, -0.2) is 82.2 Å². The molecule has 39 heavy (non-hydrogen) atoms. The van der Waals surface area contributed by atoms with E-state index >= 15 is 0 Å². The summed E-state index contributed by atoms with van der Waals surface area (Å²) in [5.74, 6) is 0.638. The van der Waals surface area contributed by atoms with Gasteiger partial charge in [0.1, 0.15) is 17.3 Å². The Hall–Kier alpha value is -4.13. The lowest BCUT2D eigenvalue weighted by molar-refractivity contribution is -0.128. The molecular weight excluding hydrogens is 510 g/mol. The number of benzene rings is 1. The van der Waals surface area contributed by atoms with Gasteiger partial charge < -0.3 is 25.2 Å². The van der Waals surface area contributed by atoms with Crippen molar-refractivity contribution in [2.45, 2.75) is 19.3 Å². The van der Waals surface area contributed by atoms with Gasteiger partial charge in [0.15, 0.2) is 5.82 Å². The minimum Gasteiger partial charge on any atom is -0.378 e. The Balaban J connectivity index is 1.26. The average Bonchev–Trinajstić information content (AvgIpc) is 3.70. The van der Waals surface area contributed by atoms with Gasteiger partial charge in [-0.25, -0.2) is 13.8 Å². The first-order valence-corrected chi connectivity index (χ1v) is 13.0. The fourth-order valence-corrected chi connectivity index (χ4v) is 5.15. The zero-order valence-electron chi connectivity index (χ0n) is 21.1. The quantitative estimate of drug-likeness (QED) is 0.471. The molecule has 13 heteroatoms. The van der Waals surface area contributed by atoms with E-state index in [-0.39, 0.29) is 30.0 Å². The van der Waals surface area contributed by atoms with E-state index < -0.39 is 6.43 Å². The number of halogens is 2. The monoisotopic (exact) mass is 538 g/mol. The lowest BCUT2D eigenvalue weighted by Gasteiger charge is -2.27. The Bertz CT molecular complexity index is 1440. The molecule has 2 fully saturated rings. The number of likely N-dealkylation sites (tertiary alicyclic amines) is 1. The molecule has 0 radical (unpaired) electrons. The number of hydrogen-bond acceptors (Lipinski definition) is 8. The van der Waals surface area contributed by atoms with Crippen LogP contribution in [0.2, 0.25) is 0 Å². The molecule has 5 heterocycles. The number of rotatable bonds is 7. The molecule has 2 amide bonds. The van der Waals surface area contributed by atoms with Gasteiger partial charge in [-0.2, -0.15) is 9.97 Å². The SMILES string of the molecule is O=C1CC=C(C(=O)N2CC[C@H](CNc3cc(-n4c(C(F)F)nc5ccccc54)nc(N4CCOCC4)n3)C2)N1. The number of amides is 2. The number of para-hydroxylation sites is 2. The lowest BCUT2D eigenvalue weighted by Crippen LogP contribution is -2.37. The van der Waals surface area contributed by atoms with Crippen molar-refractivity contribution in [1.82, 2.24) is 29.7 Å². The van der Waals surface area contributed by atoms with Crippen LogP contribution in [0, 0.1) is 5.92 Å². The molecule has 0 aliphatic carbocycles. The maximum atomic E-state index is 14.1. The normalized spacial score (nSPS) is 19.6. The van der Waals surface area contributed by atoms with Gasteiger partial charge in [-0.1, -0.05) is 12.1 Å². The van der Waals surface area contributed by atoms with Crippen LogP contribution in [0.3, 0.4) is 0 Å². The molecule has 2 saturated heterocycles. The van der Waals surface area contributed by atoms with Gasteiger partial charge in [0.05, 0.1) is 24.2 Å². The fraction of sp³-hybridized carbons (Fsp3) is 0.423. The highest BCUT2D eigenvalue weighted by atomic mass is 19.3. The number of nitrogens with zero attached hydrogens (tertiary/aromatic N) is 6. The van der Waals surface area contributed by atoms with Crippen molar-refractivity contribution in [1.29, 1.82) is 0 Å². The first kappa shape index (κ1) is 25.2. The van der Waals surface area contributed by atoms with Gasteiger partial charge in [-0.3, -0.25) is 14.2 Å². The van der Waals surface area contributed by atoms with E-state index in [4.69, 9.17) is 9.72 Å². The molecular formula is C26H28F2N8O3. The summed E-state index contributed by atoms with van der Waals surface area (Å²) in [6.07, 6.45) is -0.159. The second-order valence-corrected chi connectivity index (χ2v) is 9.76. The average molecular weight is 539 g/mol. The molecule has 204 valence electrons. The van der Waals surface area contributed by atoms with Gasteiger partial charge in [-0.05, 0) is 30.5 Å². The number of aromatic nitrogens is 4. The van der Waals surface area contributed by atoms with Crippen molar-refractivity contribution in [2.75, 3.05) is 56.2 Å². The Morgan fingerprint density at radius 1 is 1.15 bits per heavy atom. The van der Waals surface area contributed by atoms with E-state index in [2.05, 4.69) is 20.6 Å². The predicted molar refractivity (Wildman–Crippen MR) is 139 cm³/mol. The van der Waals surface area contributed by atoms with E-state index in [0.717, 1.165) is 6.42 Å². The van der Waals surface area contributed by atoms with E-state index in [0.29, 0.717) is 80.3 Å². The molecule has 11 nitrogen and oxygen atoms in total. The third-order valence-electron chi connectivity index (χ3n) is 7.15. The molecule has 0 bridgehead atoms. The second kappa shape index (κ2) is 10.6. The number of imidazole rings is 1. The Kier molecular flexibility index (Phi) is 6.81. The molecule has 0 unspecified atom stereocenters. The first-order chi connectivity index (χ1) is 19.0. The number of hydrogen-bond donors (Lipinski definition) is 2. The van der Waals surface area contributed by atoms with E-state index in [1.807, 2.05) is 4.90 Å². The number of ether oxygens (including phenoxy) is 1. The minimum absolute atomic E-state index is 0.155. The third-order valence-corrected chi connectivity index (χ3v) is 7.15. The maximum absolute atomic E-state index is 14.1. The number of fused-ring (bicyclic) bond motifs is 1. The predicted octanol–water partition coefficient (Wildman–Crippen LogP) is 2.25. The molecule has 3 aliphatic rings. The summed E-state index contributed by atoms with van der Waals surface area (Å²) in [6, 6.07) is 8.62. The molecule has 3 aromatic rings. The van der Waals surface area contributed by atoms with Crippen molar-refractivity contribution in [2.24, 2.45) is 5.92 Å². The summed E-state index contributed by atoms with van der Waals surface area (Å²) in [5, 5.41) is 5.96. The number of alkyl halides is 2. The fourth-order valence-electron chi connectivity index (χ4n) is 5.15. The van der Waals surface area contributed by atoms with Crippen LogP contribution < -0.4 is 15.5 Å². The summed E-state index contributed by atoms with van der Waals surface area (Å²) in [6.45, 7) is 3.87. The molecule has 0 spiro atoms. The van der Waals surface area contributed by atoms with Gasteiger partial charge in [0.25, 0.3) is 12.3 Å². The van der Waals surface area contributed by atoms with Gasteiger partial charge in [0.2, 0.25) is 11.9 Å². The summed E-state index contributed by atoms with van der Waals surface area (Å²) in [5.41, 5.74) is 1.33. The van der Waals surface area contributed by atoms with Crippen LogP contribution in [-0.2, 0) is 14.3 Å². The molecule has 2 aromatic heterocycles. The summed E-state index contributed by atoms with van der Waals surface area (Å²) < 4.78 is 35.0. The molecule has 3 aliphatic heterocycles. The van der Waals surface area contributed by atoms with E-state index in [1.165, 1.54) is 4.57 Å². The number of morpholine rings is 1. The van der Waals surface area contributed by atoms with Gasteiger partial charge in [-0.15, -0.1) is 0 Å². The van der Waals surface area contributed by atoms with Crippen LogP contribution in [0.5, 0.6) is 0 Å². The standard InChI is InChI=1S/C26H28F2N8O3/c27-23(28)24-31-17-3-1-2-4-19(17)36(24)21-13-20(32-26(33-21)34-9-11-39-12-10-34)29-14-16-7-8-35(15-16)25(38)18-5-6-22(37)30-18/h1-5,13,16,23H,6-12,14-15H2,(H,30,37)(H,29,32,33)/t16-/m1/s1. The van der Waals surface area contributed by atoms with Gasteiger partial charge >= 0.3 is 0 Å². The van der Waals surface area contributed by atoms with Crippen LogP contribution in [0.15, 0.2) is 42.1 Å². The largest absolute Gasteiger partial charge is 0.378 e. The van der Waals surface area contributed by atoms with Crippen molar-refractivity contribution in [3.05, 3.63) is 47.9 Å². The summed E-state index contributed by atoms with van der Waals surface area (Å²) >= 11 is 0. The third kappa shape index (κ3) is 5.13. The van der Waals surface area contributed by atoms with E-state index in [9.17, 15) is 18.4 Å². The Morgan fingerprint density at radius 3 is 2.74 bits per heavy atom. The van der Waals surface area contributed by atoms with E-state index in [1.54, 1.807) is 41.3 Å². The highest BCUT2D eigenvalue weighted by Crippen LogP contribution is 2.29. The Morgan fingerprint density at radius 2 is 1.97 bits per heavy atom. The minimum atomic E-state index is -2.79. The van der Waals surface area contributed by atoms with Crippen molar-refractivity contribution >= 4 is 34.6 Å². The molecule has 1 atom stereocenters. The van der Waals surface area contributed by atoms with Crippen molar-refractivity contribution in [3.63, 3.8) is 0 Å². The number of anilines is 2. The smallest absolute Gasteiger partial charge is 0.296 e. The maximum Gasteiger partial charge on any atom is 0.296 e. The Labute approximate surface area is 222 Å². The van der Waals surface area contributed by atoms with Crippen LogP contribution >= 0.6 is 0 Å². The van der Waals surface area contributed by atoms with Crippen molar-refractivity contribution in [3.8, 4) is 5.82 Å². The number of nitrogens with one attached hydrogen (secondary N) is 2. The van der Waals surface area contributed by atoms with Crippen molar-refractivity contribution < 1.29 is 23.1 Å². The molecule has 0 saturated carbocycles. The highest BCUT2D eigenvalue weighted by Gasteiger charge is 2.30. The topological polar surface area (TPSA) is 118 Å². The zero-order chi connectivity index (χ0) is 26.9. The summed E-state index contributed by atoms with van der Waals surface area (Å²) in [4.78, 5) is 41.4. The van der Waals surface area contributed by atoms with Crippen LogP contribution in [0.25, 0.3) is 16.9 Å². The highest BCUT2D eigenvalue weighted by molar-refractivity contribution is 6.00. The molecule has 1 aromatic carbocycles. The number of carbonyl (C=O) groups excluding carboxylic acids is 2. The molecule has 6 rings (SSSR count).